The van der Waals surface area contributed by atoms with Crippen molar-refractivity contribution in [3.05, 3.63) is 17.5 Å². The number of amides is 1. The van der Waals surface area contributed by atoms with E-state index in [1.165, 1.54) is 0 Å². The number of nitrogens with one attached hydrogen (secondary N) is 1. The molecule has 1 aromatic heterocycles. The maximum absolute atomic E-state index is 11.7. The summed E-state index contributed by atoms with van der Waals surface area (Å²) in [5.41, 5.74) is -0.462. The summed E-state index contributed by atoms with van der Waals surface area (Å²) in [6, 6.07) is 0. The molecule has 6 nitrogen and oxygen atoms in total. The Balaban J connectivity index is 1.76. The van der Waals surface area contributed by atoms with Gasteiger partial charge < -0.3 is 15.0 Å². The summed E-state index contributed by atoms with van der Waals surface area (Å²) < 4.78 is 5.24. The number of carbonyl (C=O) groups is 1. The third-order valence-electron chi connectivity index (χ3n) is 3.48. The van der Waals surface area contributed by atoms with Crippen molar-refractivity contribution in [3.8, 4) is 0 Å². The average molecular weight is 327 g/mol. The van der Waals surface area contributed by atoms with E-state index in [9.17, 15) is 4.79 Å². The number of anilines is 1. The van der Waals surface area contributed by atoms with Gasteiger partial charge in [-0.15, -0.1) is 0 Å². The van der Waals surface area contributed by atoms with Crippen molar-refractivity contribution in [1.29, 1.82) is 0 Å². The van der Waals surface area contributed by atoms with Gasteiger partial charge in [-0.3, -0.25) is 0 Å². The monoisotopic (exact) mass is 326 g/mol. The Morgan fingerprint density at radius 3 is 2.59 bits per heavy atom. The molecule has 1 N–H and O–H groups in total. The van der Waals surface area contributed by atoms with Gasteiger partial charge in [-0.25, -0.2) is 14.8 Å². The highest BCUT2D eigenvalue weighted by molar-refractivity contribution is 6.31. The molecule has 1 aliphatic heterocycles. The van der Waals surface area contributed by atoms with E-state index in [1.54, 1.807) is 12.4 Å². The molecular weight excluding hydrogens is 304 g/mol. The maximum Gasteiger partial charge on any atom is 0.407 e. The van der Waals surface area contributed by atoms with Crippen molar-refractivity contribution < 1.29 is 9.53 Å². The van der Waals surface area contributed by atoms with Crippen LogP contribution in [0.3, 0.4) is 0 Å². The van der Waals surface area contributed by atoms with E-state index in [2.05, 4.69) is 20.2 Å². The zero-order valence-corrected chi connectivity index (χ0v) is 14.1. The number of carbonyl (C=O) groups excluding carboxylic acids is 1. The summed E-state index contributed by atoms with van der Waals surface area (Å²) in [6.45, 7) is 7.93. The third-order valence-corrected chi connectivity index (χ3v) is 3.75. The first-order chi connectivity index (χ1) is 10.3. The van der Waals surface area contributed by atoms with Crippen LogP contribution < -0.4 is 10.2 Å². The second kappa shape index (κ2) is 7.13. The van der Waals surface area contributed by atoms with E-state index in [0.717, 1.165) is 31.7 Å². The maximum atomic E-state index is 11.7. The summed E-state index contributed by atoms with van der Waals surface area (Å²) in [5, 5.41) is 3.28. The predicted molar refractivity (Wildman–Crippen MR) is 86.2 cm³/mol. The highest BCUT2D eigenvalue weighted by atomic mass is 35.5. The van der Waals surface area contributed by atoms with Gasteiger partial charge in [-0.2, -0.15) is 0 Å². The number of aromatic nitrogens is 2. The van der Waals surface area contributed by atoms with Gasteiger partial charge in [0.05, 0.1) is 0 Å². The van der Waals surface area contributed by atoms with E-state index in [0.29, 0.717) is 17.6 Å². The molecule has 0 aliphatic carbocycles. The summed E-state index contributed by atoms with van der Waals surface area (Å²) in [4.78, 5) is 22.1. The average Bonchev–Trinajstić information content (AvgIpc) is 2.45. The Morgan fingerprint density at radius 2 is 2.00 bits per heavy atom. The van der Waals surface area contributed by atoms with Crippen LogP contribution in [0.15, 0.2) is 12.4 Å². The van der Waals surface area contributed by atoms with Crippen molar-refractivity contribution in [2.75, 3.05) is 24.5 Å². The molecule has 2 rings (SSSR count). The SMILES string of the molecule is CC(C)(C)OC(=O)NCC1CCN(c2nccnc2Cl)CC1. The van der Waals surface area contributed by atoms with Crippen LogP contribution >= 0.6 is 11.6 Å². The number of halogens is 1. The smallest absolute Gasteiger partial charge is 0.407 e. The van der Waals surface area contributed by atoms with Crippen molar-refractivity contribution in [2.45, 2.75) is 39.2 Å². The van der Waals surface area contributed by atoms with Crippen LogP contribution in [0, 0.1) is 5.92 Å². The molecule has 1 saturated heterocycles. The van der Waals surface area contributed by atoms with E-state index in [-0.39, 0.29) is 6.09 Å². The fourth-order valence-electron chi connectivity index (χ4n) is 2.42. The topological polar surface area (TPSA) is 67.3 Å². The standard InChI is InChI=1S/C15H23ClN4O2/c1-15(2,3)22-14(21)19-10-11-4-8-20(9-5-11)13-12(16)17-6-7-18-13/h6-7,11H,4-5,8-10H2,1-3H3,(H,19,21). The van der Waals surface area contributed by atoms with E-state index in [1.807, 2.05) is 20.8 Å². The van der Waals surface area contributed by atoms with Crippen LogP contribution in [0.4, 0.5) is 10.6 Å². The fourth-order valence-corrected chi connectivity index (χ4v) is 2.64. The minimum absolute atomic E-state index is 0.355. The summed E-state index contributed by atoms with van der Waals surface area (Å²) in [7, 11) is 0. The van der Waals surface area contributed by atoms with Gasteiger partial charge in [-0.1, -0.05) is 11.6 Å². The minimum Gasteiger partial charge on any atom is -0.444 e. The number of ether oxygens (including phenoxy) is 1. The van der Waals surface area contributed by atoms with Crippen molar-refractivity contribution in [1.82, 2.24) is 15.3 Å². The van der Waals surface area contributed by atoms with E-state index >= 15 is 0 Å². The molecule has 122 valence electrons. The van der Waals surface area contributed by atoms with Crippen LogP contribution in [-0.2, 0) is 4.74 Å². The van der Waals surface area contributed by atoms with Crippen LogP contribution in [0.2, 0.25) is 5.15 Å². The third kappa shape index (κ3) is 5.02. The molecule has 1 aromatic rings. The van der Waals surface area contributed by atoms with Crippen molar-refractivity contribution in [2.24, 2.45) is 5.92 Å². The lowest BCUT2D eigenvalue weighted by atomic mass is 9.97. The molecule has 0 unspecified atom stereocenters. The number of hydrogen-bond donors (Lipinski definition) is 1. The van der Waals surface area contributed by atoms with Gasteiger partial charge in [0.15, 0.2) is 11.0 Å². The molecule has 1 fully saturated rings. The van der Waals surface area contributed by atoms with Crippen molar-refractivity contribution in [3.63, 3.8) is 0 Å². The second-order valence-electron chi connectivity index (χ2n) is 6.48. The Labute approximate surface area is 136 Å². The Hall–Kier alpha value is -1.56. The molecule has 7 heteroatoms. The number of alkyl carbamates (subject to hydrolysis) is 1. The molecule has 0 radical (unpaired) electrons. The molecule has 1 amide bonds. The zero-order valence-electron chi connectivity index (χ0n) is 13.3. The first-order valence-electron chi connectivity index (χ1n) is 7.53. The fraction of sp³-hybridized carbons (Fsp3) is 0.667. The summed E-state index contributed by atoms with van der Waals surface area (Å²) in [6.07, 6.45) is 4.83. The van der Waals surface area contributed by atoms with Gasteiger partial charge in [0.1, 0.15) is 5.60 Å². The largest absolute Gasteiger partial charge is 0.444 e. The van der Waals surface area contributed by atoms with Crippen LogP contribution in [0.5, 0.6) is 0 Å². The molecule has 0 bridgehead atoms. The van der Waals surface area contributed by atoms with Crippen LogP contribution in [0.1, 0.15) is 33.6 Å². The Kier molecular flexibility index (Phi) is 5.45. The Morgan fingerprint density at radius 1 is 1.36 bits per heavy atom. The number of nitrogens with zero attached hydrogens (tertiary/aromatic N) is 3. The van der Waals surface area contributed by atoms with Gasteiger partial charge in [-0.05, 0) is 39.5 Å². The van der Waals surface area contributed by atoms with Crippen molar-refractivity contribution >= 4 is 23.5 Å². The summed E-state index contributed by atoms with van der Waals surface area (Å²) in [5.74, 6) is 1.18. The lowest BCUT2D eigenvalue weighted by Gasteiger charge is -2.33. The molecule has 0 aromatic carbocycles. The number of hydrogen-bond acceptors (Lipinski definition) is 5. The molecule has 2 heterocycles. The lowest BCUT2D eigenvalue weighted by Crippen LogP contribution is -2.40. The predicted octanol–water partition coefficient (Wildman–Crippen LogP) is 2.87. The quantitative estimate of drug-likeness (QED) is 0.925. The number of piperidine rings is 1. The molecule has 0 spiro atoms. The van der Waals surface area contributed by atoms with E-state index < -0.39 is 5.60 Å². The Bertz CT molecular complexity index is 511. The van der Waals surface area contributed by atoms with Gasteiger partial charge in [0.25, 0.3) is 0 Å². The number of rotatable bonds is 3. The van der Waals surface area contributed by atoms with Gasteiger partial charge in [0, 0.05) is 32.0 Å². The van der Waals surface area contributed by atoms with Crippen LogP contribution in [0.25, 0.3) is 0 Å². The van der Waals surface area contributed by atoms with Gasteiger partial charge in [0.2, 0.25) is 0 Å². The highest BCUT2D eigenvalue weighted by Crippen LogP contribution is 2.25. The first-order valence-corrected chi connectivity index (χ1v) is 7.91. The molecule has 1 aliphatic rings. The summed E-state index contributed by atoms with van der Waals surface area (Å²) >= 11 is 6.07. The second-order valence-corrected chi connectivity index (χ2v) is 6.84. The molecular formula is C15H23ClN4O2. The van der Waals surface area contributed by atoms with Gasteiger partial charge >= 0.3 is 6.09 Å². The highest BCUT2D eigenvalue weighted by Gasteiger charge is 2.23. The lowest BCUT2D eigenvalue weighted by molar-refractivity contribution is 0.0517. The molecule has 0 saturated carbocycles. The minimum atomic E-state index is -0.462. The molecule has 22 heavy (non-hydrogen) atoms. The first kappa shape index (κ1) is 16.8. The molecule has 0 atom stereocenters. The van der Waals surface area contributed by atoms with Crippen LogP contribution in [-0.4, -0.2) is 41.3 Å². The van der Waals surface area contributed by atoms with E-state index in [4.69, 9.17) is 16.3 Å². The normalized spacial score (nSPS) is 16.5. The zero-order chi connectivity index (χ0) is 16.2.